The maximum absolute atomic E-state index is 14.4. The summed E-state index contributed by atoms with van der Waals surface area (Å²) in [5.74, 6) is -0.0884. The number of carbonyl (C=O) groups excluding carboxylic acids is 3. The minimum absolute atomic E-state index is 0.0170. The number of aryl methyl sites for hydroxylation is 2. The van der Waals surface area contributed by atoms with E-state index < -0.39 is 11.5 Å². The second-order valence-electron chi connectivity index (χ2n) is 14.4. The zero-order chi connectivity index (χ0) is 31.9. The summed E-state index contributed by atoms with van der Waals surface area (Å²) in [6.07, 6.45) is 9.66. The van der Waals surface area contributed by atoms with Crippen LogP contribution in [0.5, 0.6) is 0 Å². The van der Waals surface area contributed by atoms with Crippen LogP contribution >= 0.6 is 0 Å². The number of nitrogens with one attached hydrogen (secondary N) is 3. The maximum Gasteiger partial charge on any atom is 0.270 e. The number of carbonyl (C=O) groups is 3. The number of nitrogens with zero attached hydrogens (tertiary/aromatic N) is 2. The number of amides is 3. The molecular weight excluding hydrogens is 578 g/mol. The first kappa shape index (κ1) is 30.7. The molecule has 9 nitrogen and oxygen atoms in total. The lowest BCUT2D eigenvalue weighted by molar-refractivity contribution is -0.127. The van der Waals surface area contributed by atoms with E-state index in [4.69, 9.17) is 4.74 Å². The molecule has 0 bridgehead atoms. The molecule has 2 saturated carbocycles. The fraction of sp³-hybridized carbons (Fsp3) is 0.514. The topological polar surface area (TPSA) is 114 Å². The highest BCUT2D eigenvalue weighted by atomic mass is 16.5. The molecule has 3 N–H and O–H groups in total. The monoisotopic (exact) mass is 623 g/mol. The molecule has 0 spiro atoms. The van der Waals surface area contributed by atoms with Gasteiger partial charge in [0.15, 0.2) is 0 Å². The van der Waals surface area contributed by atoms with Crippen molar-refractivity contribution >= 4 is 23.4 Å². The minimum atomic E-state index is -0.807. The molecule has 9 heteroatoms. The van der Waals surface area contributed by atoms with Crippen molar-refractivity contribution in [3.8, 4) is 0 Å². The number of ether oxygens (including phenoxy) is 1. The summed E-state index contributed by atoms with van der Waals surface area (Å²) in [6.45, 7) is 3.71. The van der Waals surface area contributed by atoms with E-state index in [9.17, 15) is 14.4 Å². The van der Waals surface area contributed by atoms with Crippen molar-refractivity contribution < 1.29 is 19.1 Å². The Morgan fingerprint density at radius 3 is 2.57 bits per heavy atom. The van der Waals surface area contributed by atoms with Gasteiger partial charge in [0.25, 0.3) is 5.91 Å². The normalized spacial score (nSPS) is 24.3. The van der Waals surface area contributed by atoms with Gasteiger partial charge in [0, 0.05) is 32.1 Å². The summed E-state index contributed by atoms with van der Waals surface area (Å²) >= 11 is 0. The van der Waals surface area contributed by atoms with Crippen LogP contribution in [0.2, 0.25) is 0 Å². The Bertz CT molecular complexity index is 1620. The average molecular weight is 624 g/mol. The Hall–Kier alpha value is -3.98. The fourth-order valence-electron chi connectivity index (χ4n) is 8.09. The quantitative estimate of drug-likeness (QED) is 0.282. The van der Waals surface area contributed by atoms with Gasteiger partial charge < -0.3 is 20.7 Å². The van der Waals surface area contributed by atoms with Crippen LogP contribution in [-0.2, 0) is 33.2 Å². The highest BCUT2D eigenvalue weighted by molar-refractivity contribution is 6.01. The number of hydrogen-bond acceptors (Lipinski definition) is 5. The third-order valence-electron chi connectivity index (χ3n) is 11.2. The van der Waals surface area contributed by atoms with Crippen LogP contribution in [0.15, 0.2) is 60.8 Å². The van der Waals surface area contributed by atoms with E-state index in [1.807, 2.05) is 24.3 Å². The molecule has 4 aliphatic rings. The third-order valence-corrected chi connectivity index (χ3v) is 11.2. The van der Waals surface area contributed by atoms with E-state index in [2.05, 4.69) is 52.2 Å². The molecule has 7 rings (SSSR count). The predicted octanol–water partition coefficient (Wildman–Crippen LogP) is 4.88. The molecule has 0 radical (unpaired) electrons. The Balaban J connectivity index is 1.16. The van der Waals surface area contributed by atoms with Crippen LogP contribution in [0, 0.1) is 17.3 Å². The van der Waals surface area contributed by atoms with Gasteiger partial charge in [0.1, 0.15) is 11.7 Å². The van der Waals surface area contributed by atoms with Gasteiger partial charge in [0.2, 0.25) is 11.8 Å². The Labute approximate surface area is 270 Å². The van der Waals surface area contributed by atoms with Crippen molar-refractivity contribution in [2.45, 2.75) is 75.7 Å². The molecule has 242 valence electrons. The molecule has 3 amide bonds. The first-order chi connectivity index (χ1) is 22.3. The van der Waals surface area contributed by atoms with Crippen LogP contribution in [0.4, 0.5) is 5.69 Å². The first-order valence-electron chi connectivity index (χ1n) is 16.9. The second-order valence-corrected chi connectivity index (χ2v) is 14.4. The van der Waals surface area contributed by atoms with Crippen molar-refractivity contribution in [2.24, 2.45) is 24.3 Å². The van der Waals surface area contributed by atoms with Crippen molar-refractivity contribution in [3.63, 3.8) is 0 Å². The number of benzene rings is 2. The first-order valence-corrected chi connectivity index (χ1v) is 16.9. The molecule has 4 atom stereocenters. The molecule has 1 aliphatic heterocycles. The average Bonchev–Trinajstić information content (AvgIpc) is 3.38. The maximum atomic E-state index is 14.4. The Kier molecular flexibility index (Phi) is 8.21. The number of hydrogen-bond donors (Lipinski definition) is 3. The minimum Gasteiger partial charge on any atom is -0.380 e. The van der Waals surface area contributed by atoms with Gasteiger partial charge in [-0.05, 0) is 103 Å². The summed E-state index contributed by atoms with van der Waals surface area (Å²) in [6, 6.07) is 17.0. The molecule has 46 heavy (non-hydrogen) atoms. The van der Waals surface area contributed by atoms with E-state index in [0.29, 0.717) is 43.5 Å². The lowest BCUT2D eigenvalue weighted by Crippen LogP contribution is -2.51. The molecule has 2 unspecified atom stereocenters. The van der Waals surface area contributed by atoms with Gasteiger partial charge in [-0.1, -0.05) is 49.7 Å². The van der Waals surface area contributed by atoms with Crippen molar-refractivity contribution in [1.82, 2.24) is 20.4 Å². The summed E-state index contributed by atoms with van der Waals surface area (Å²) in [7, 11) is 1.73. The molecule has 1 aromatic heterocycles. The zero-order valence-corrected chi connectivity index (χ0v) is 26.9. The van der Waals surface area contributed by atoms with Gasteiger partial charge >= 0.3 is 0 Å². The number of fused-ring (bicyclic) bond motifs is 1. The SMILES string of the molecule is Cn1nccc1C(=O)N[C@H](C(=O)Nc1cccc(C2(C(=O)NCC3(C)CCC3)CCOC2)c1)C(C1CC1)[C@@H]1CCc2ccccc21. The molecule has 3 aromatic rings. The number of rotatable bonds is 11. The van der Waals surface area contributed by atoms with Crippen LogP contribution in [-0.4, -0.2) is 53.3 Å². The highest BCUT2D eigenvalue weighted by Crippen LogP contribution is 2.50. The number of aromatic nitrogens is 2. The van der Waals surface area contributed by atoms with E-state index in [-0.39, 0.29) is 35.0 Å². The van der Waals surface area contributed by atoms with Gasteiger partial charge in [0.05, 0.1) is 12.0 Å². The van der Waals surface area contributed by atoms with Crippen LogP contribution in [0.3, 0.4) is 0 Å². The Morgan fingerprint density at radius 1 is 1.04 bits per heavy atom. The second kappa shape index (κ2) is 12.3. The van der Waals surface area contributed by atoms with E-state index >= 15 is 0 Å². The van der Waals surface area contributed by atoms with E-state index in [0.717, 1.165) is 44.1 Å². The molecule has 2 aromatic carbocycles. The largest absolute Gasteiger partial charge is 0.380 e. The van der Waals surface area contributed by atoms with Crippen LogP contribution in [0.1, 0.15) is 85.0 Å². The van der Waals surface area contributed by atoms with Gasteiger partial charge in [-0.25, -0.2) is 0 Å². The summed E-state index contributed by atoms with van der Waals surface area (Å²) in [4.78, 5) is 41.7. The lowest BCUT2D eigenvalue weighted by atomic mass is 9.70. The molecule has 2 heterocycles. The van der Waals surface area contributed by atoms with E-state index in [1.165, 1.54) is 22.2 Å². The molecule has 3 aliphatic carbocycles. The summed E-state index contributed by atoms with van der Waals surface area (Å²) in [5, 5.41) is 13.7. The lowest BCUT2D eigenvalue weighted by Gasteiger charge is -2.39. The van der Waals surface area contributed by atoms with Crippen molar-refractivity contribution in [1.29, 1.82) is 0 Å². The van der Waals surface area contributed by atoms with Gasteiger partial charge in [-0.3, -0.25) is 19.1 Å². The molecule has 1 saturated heterocycles. The van der Waals surface area contributed by atoms with Crippen molar-refractivity contribution in [3.05, 3.63) is 83.2 Å². The number of anilines is 1. The van der Waals surface area contributed by atoms with Crippen LogP contribution < -0.4 is 16.0 Å². The van der Waals surface area contributed by atoms with E-state index in [1.54, 1.807) is 19.3 Å². The molecule has 3 fully saturated rings. The molecular formula is C37H45N5O4. The standard InChI is InChI=1S/C37H45N5O4/c1-36(16-6-17-36)22-38-35(45)37(18-20-46-23-37)26-8-5-9-27(21-26)40-34(44)32(41-33(43)30-15-19-39-42(30)2)31(25-11-12-25)29-14-13-24-7-3-4-10-28(24)29/h3-5,7-10,15,19,21,25,29,31-32H,6,11-14,16-18,20,22-23H2,1-2H3,(H,38,45)(H,40,44)(H,41,43)/t29-,31?,32+,37?/m1/s1. The zero-order valence-electron chi connectivity index (χ0n) is 26.9. The third kappa shape index (κ3) is 5.85. The van der Waals surface area contributed by atoms with Crippen LogP contribution in [0.25, 0.3) is 0 Å². The predicted molar refractivity (Wildman–Crippen MR) is 175 cm³/mol. The smallest absolute Gasteiger partial charge is 0.270 e. The summed E-state index contributed by atoms with van der Waals surface area (Å²) < 4.78 is 7.34. The van der Waals surface area contributed by atoms with Crippen molar-refractivity contribution in [2.75, 3.05) is 25.1 Å². The fourth-order valence-corrected chi connectivity index (χ4v) is 8.09. The summed E-state index contributed by atoms with van der Waals surface area (Å²) in [5.41, 5.74) is 3.82. The van der Waals surface area contributed by atoms with Gasteiger partial charge in [-0.2, -0.15) is 5.10 Å². The highest BCUT2D eigenvalue weighted by Gasteiger charge is 2.48. The Morgan fingerprint density at radius 2 is 1.87 bits per heavy atom. The van der Waals surface area contributed by atoms with Gasteiger partial charge in [-0.15, -0.1) is 0 Å².